The van der Waals surface area contributed by atoms with Gasteiger partial charge in [0.05, 0.1) is 6.10 Å². The molecule has 0 aliphatic carbocycles. The highest BCUT2D eigenvalue weighted by atomic mass is 32.1. The second-order valence-electron chi connectivity index (χ2n) is 4.16. The summed E-state index contributed by atoms with van der Waals surface area (Å²) in [6.45, 7) is 3.50. The zero-order valence-corrected chi connectivity index (χ0v) is 10.8. The first-order valence-corrected chi connectivity index (χ1v) is 6.69. The van der Waals surface area contributed by atoms with Gasteiger partial charge in [-0.2, -0.15) is 0 Å². The maximum absolute atomic E-state index is 11.5. The van der Waals surface area contributed by atoms with Crippen molar-refractivity contribution >= 4 is 23.3 Å². The Morgan fingerprint density at radius 2 is 2.53 bits per heavy atom. The van der Waals surface area contributed by atoms with Gasteiger partial charge in [0.15, 0.2) is 0 Å². The van der Waals surface area contributed by atoms with E-state index in [-0.39, 0.29) is 12.0 Å². The maximum atomic E-state index is 11.5. The van der Waals surface area contributed by atoms with Crippen molar-refractivity contribution in [2.45, 2.75) is 25.9 Å². The minimum absolute atomic E-state index is 0.0495. The number of rotatable bonds is 4. The number of carbonyl (C=O) groups excluding carboxylic acids is 1. The van der Waals surface area contributed by atoms with E-state index in [2.05, 4.69) is 18.3 Å². The Balaban J connectivity index is 1.74. The SMILES string of the molecule is Cc1ccc(/C=C/C(=O)NC[C@H]2CCCO2)s1. The van der Waals surface area contributed by atoms with Gasteiger partial charge in [-0.05, 0) is 38.0 Å². The van der Waals surface area contributed by atoms with Gasteiger partial charge < -0.3 is 10.1 Å². The first kappa shape index (κ1) is 12.3. The van der Waals surface area contributed by atoms with E-state index in [9.17, 15) is 4.79 Å². The maximum Gasteiger partial charge on any atom is 0.244 e. The van der Waals surface area contributed by atoms with Crippen LogP contribution in [0.25, 0.3) is 6.08 Å². The fourth-order valence-electron chi connectivity index (χ4n) is 1.78. The van der Waals surface area contributed by atoms with Gasteiger partial charge in [0.1, 0.15) is 0 Å². The summed E-state index contributed by atoms with van der Waals surface area (Å²) in [7, 11) is 0. The lowest BCUT2D eigenvalue weighted by molar-refractivity contribution is -0.116. The number of amides is 1. The van der Waals surface area contributed by atoms with Gasteiger partial charge in [-0.3, -0.25) is 4.79 Å². The summed E-state index contributed by atoms with van der Waals surface area (Å²) in [6.07, 6.45) is 5.79. The fraction of sp³-hybridized carbons (Fsp3) is 0.462. The van der Waals surface area contributed by atoms with E-state index in [1.807, 2.05) is 12.1 Å². The summed E-state index contributed by atoms with van der Waals surface area (Å²) in [5, 5.41) is 2.86. The number of aryl methyl sites for hydroxylation is 1. The Bertz CT molecular complexity index is 405. The van der Waals surface area contributed by atoms with Crippen LogP contribution in [-0.4, -0.2) is 25.2 Å². The Morgan fingerprint density at radius 1 is 1.65 bits per heavy atom. The van der Waals surface area contributed by atoms with Crippen molar-refractivity contribution in [2.75, 3.05) is 13.2 Å². The summed E-state index contributed by atoms with van der Waals surface area (Å²) in [4.78, 5) is 13.9. The van der Waals surface area contributed by atoms with Crippen molar-refractivity contribution in [3.05, 3.63) is 28.0 Å². The molecule has 1 N–H and O–H groups in total. The molecule has 1 saturated heterocycles. The summed E-state index contributed by atoms with van der Waals surface area (Å²) >= 11 is 1.68. The Morgan fingerprint density at radius 3 is 3.18 bits per heavy atom. The van der Waals surface area contributed by atoms with E-state index in [1.54, 1.807) is 17.4 Å². The molecule has 1 aliphatic rings. The number of hydrogen-bond acceptors (Lipinski definition) is 3. The third-order valence-corrected chi connectivity index (χ3v) is 3.65. The lowest BCUT2D eigenvalue weighted by atomic mass is 10.2. The van der Waals surface area contributed by atoms with Crippen LogP contribution in [0.1, 0.15) is 22.6 Å². The van der Waals surface area contributed by atoms with Crippen LogP contribution in [0.2, 0.25) is 0 Å². The van der Waals surface area contributed by atoms with E-state index < -0.39 is 0 Å². The minimum atomic E-state index is -0.0495. The molecule has 0 bridgehead atoms. The van der Waals surface area contributed by atoms with Gasteiger partial charge in [-0.15, -0.1) is 11.3 Å². The average molecular weight is 251 g/mol. The largest absolute Gasteiger partial charge is 0.376 e. The van der Waals surface area contributed by atoms with E-state index in [1.165, 1.54) is 4.88 Å². The summed E-state index contributed by atoms with van der Waals surface area (Å²) in [5.41, 5.74) is 0. The van der Waals surface area contributed by atoms with Crippen LogP contribution in [-0.2, 0) is 9.53 Å². The molecule has 1 atom stereocenters. The van der Waals surface area contributed by atoms with Crippen molar-refractivity contribution < 1.29 is 9.53 Å². The molecule has 1 amide bonds. The number of thiophene rings is 1. The first-order chi connectivity index (χ1) is 8.24. The highest BCUT2D eigenvalue weighted by Gasteiger charge is 2.15. The van der Waals surface area contributed by atoms with E-state index in [0.717, 1.165) is 24.3 Å². The molecule has 2 heterocycles. The smallest absolute Gasteiger partial charge is 0.244 e. The molecule has 1 aromatic heterocycles. The highest BCUT2D eigenvalue weighted by molar-refractivity contribution is 7.12. The fourth-order valence-corrected chi connectivity index (χ4v) is 2.56. The second-order valence-corrected chi connectivity index (χ2v) is 5.48. The lowest BCUT2D eigenvalue weighted by Crippen LogP contribution is -2.30. The number of carbonyl (C=O) groups is 1. The van der Waals surface area contributed by atoms with Gasteiger partial charge >= 0.3 is 0 Å². The van der Waals surface area contributed by atoms with Crippen LogP contribution in [0.5, 0.6) is 0 Å². The van der Waals surface area contributed by atoms with Gasteiger partial charge in [0.2, 0.25) is 5.91 Å². The molecular formula is C13H17NO2S. The Hall–Kier alpha value is -1.13. The van der Waals surface area contributed by atoms with Crippen molar-refractivity contribution in [1.82, 2.24) is 5.32 Å². The molecule has 0 spiro atoms. The third kappa shape index (κ3) is 3.98. The van der Waals surface area contributed by atoms with Gasteiger partial charge in [0.25, 0.3) is 0 Å². The molecule has 17 heavy (non-hydrogen) atoms. The minimum Gasteiger partial charge on any atom is -0.376 e. The van der Waals surface area contributed by atoms with Crippen molar-refractivity contribution in [1.29, 1.82) is 0 Å². The predicted octanol–water partition coefficient (Wildman–Crippen LogP) is 2.36. The van der Waals surface area contributed by atoms with E-state index >= 15 is 0 Å². The molecule has 1 aliphatic heterocycles. The van der Waals surface area contributed by atoms with Crippen LogP contribution >= 0.6 is 11.3 Å². The zero-order chi connectivity index (χ0) is 12.1. The van der Waals surface area contributed by atoms with E-state index in [0.29, 0.717) is 6.54 Å². The van der Waals surface area contributed by atoms with Gasteiger partial charge in [0, 0.05) is 29.0 Å². The van der Waals surface area contributed by atoms with Crippen molar-refractivity contribution in [3.63, 3.8) is 0 Å². The molecule has 92 valence electrons. The molecule has 4 heteroatoms. The Labute approximate surface area is 105 Å². The predicted molar refractivity (Wildman–Crippen MR) is 70.1 cm³/mol. The van der Waals surface area contributed by atoms with Crippen LogP contribution < -0.4 is 5.32 Å². The molecule has 2 rings (SSSR count). The van der Waals surface area contributed by atoms with Gasteiger partial charge in [-0.25, -0.2) is 0 Å². The second kappa shape index (κ2) is 5.98. The topological polar surface area (TPSA) is 38.3 Å². The summed E-state index contributed by atoms with van der Waals surface area (Å²) in [6, 6.07) is 4.07. The molecule has 0 unspecified atom stereocenters. The van der Waals surface area contributed by atoms with Gasteiger partial charge in [-0.1, -0.05) is 0 Å². The standard InChI is InChI=1S/C13H17NO2S/c1-10-4-5-12(17-10)6-7-13(15)14-9-11-3-2-8-16-11/h4-7,11H,2-3,8-9H2,1H3,(H,14,15)/b7-6+/t11-/m1/s1. The molecule has 3 nitrogen and oxygen atoms in total. The molecule has 0 saturated carbocycles. The van der Waals surface area contributed by atoms with Crippen LogP contribution in [0.4, 0.5) is 0 Å². The monoisotopic (exact) mass is 251 g/mol. The molecule has 1 aromatic rings. The number of ether oxygens (including phenoxy) is 1. The molecule has 0 radical (unpaired) electrons. The summed E-state index contributed by atoms with van der Waals surface area (Å²) in [5.74, 6) is -0.0495. The third-order valence-electron chi connectivity index (χ3n) is 2.69. The van der Waals surface area contributed by atoms with Crippen LogP contribution in [0.15, 0.2) is 18.2 Å². The molecule has 0 aromatic carbocycles. The number of nitrogens with one attached hydrogen (secondary N) is 1. The number of hydrogen-bond donors (Lipinski definition) is 1. The van der Waals surface area contributed by atoms with E-state index in [4.69, 9.17) is 4.74 Å². The molecular weight excluding hydrogens is 234 g/mol. The van der Waals surface area contributed by atoms with Crippen LogP contribution in [0.3, 0.4) is 0 Å². The average Bonchev–Trinajstić information content (AvgIpc) is 2.95. The lowest BCUT2D eigenvalue weighted by Gasteiger charge is -2.08. The first-order valence-electron chi connectivity index (χ1n) is 5.88. The van der Waals surface area contributed by atoms with Crippen molar-refractivity contribution in [2.24, 2.45) is 0 Å². The zero-order valence-electron chi connectivity index (χ0n) is 9.94. The highest BCUT2D eigenvalue weighted by Crippen LogP contribution is 2.16. The van der Waals surface area contributed by atoms with Crippen LogP contribution in [0, 0.1) is 6.92 Å². The normalized spacial score (nSPS) is 19.9. The van der Waals surface area contributed by atoms with Crippen molar-refractivity contribution in [3.8, 4) is 0 Å². The molecule has 1 fully saturated rings. The Kier molecular flexibility index (Phi) is 4.34. The summed E-state index contributed by atoms with van der Waals surface area (Å²) < 4.78 is 5.43. The quantitative estimate of drug-likeness (QED) is 0.834.